The molecule has 10 nitrogen and oxygen atoms in total. The number of amides is 2. The van der Waals surface area contributed by atoms with E-state index in [9.17, 15) is 9.59 Å². The lowest BCUT2D eigenvalue weighted by molar-refractivity contribution is 0.0213. The zero-order valence-corrected chi connectivity index (χ0v) is 27.9. The third-order valence-corrected chi connectivity index (χ3v) is 7.37. The van der Waals surface area contributed by atoms with Gasteiger partial charge in [-0.3, -0.25) is 10.00 Å². The van der Waals surface area contributed by atoms with Crippen molar-refractivity contribution in [2.45, 2.75) is 91.5 Å². The molecule has 0 spiro atoms. The van der Waals surface area contributed by atoms with Crippen LogP contribution in [0.3, 0.4) is 0 Å². The van der Waals surface area contributed by atoms with E-state index >= 15 is 0 Å². The molecule has 1 unspecified atom stereocenters. The van der Waals surface area contributed by atoms with Crippen LogP contribution in [0.15, 0.2) is 48.5 Å². The van der Waals surface area contributed by atoms with Crippen molar-refractivity contribution in [1.82, 2.24) is 30.0 Å². The van der Waals surface area contributed by atoms with Crippen LogP contribution in [0.1, 0.15) is 96.4 Å². The van der Waals surface area contributed by atoms with Crippen LogP contribution < -0.4 is 0 Å². The van der Waals surface area contributed by atoms with Crippen molar-refractivity contribution in [1.29, 1.82) is 0 Å². The van der Waals surface area contributed by atoms with Gasteiger partial charge in [-0.1, -0.05) is 30.9 Å². The lowest BCUT2D eigenvalue weighted by Gasteiger charge is -2.27. The second-order valence-electron chi connectivity index (χ2n) is 13.7. The van der Waals surface area contributed by atoms with E-state index < -0.39 is 11.2 Å². The lowest BCUT2D eigenvalue weighted by Crippen LogP contribution is -2.37. The Labute approximate surface area is 270 Å². The maximum atomic E-state index is 12.8. The molecular weight excluding hydrogens is 580 g/mol. The van der Waals surface area contributed by atoms with Gasteiger partial charge in [-0.05, 0) is 97.2 Å². The highest BCUT2D eigenvalue weighted by Crippen LogP contribution is 2.33. The second-order valence-corrected chi connectivity index (χ2v) is 13.7. The first-order valence-corrected chi connectivity index (χ1v) is 15.9. The Morgan fingerprint density at radius 2 is 1.67 bits per heavy atom. The van der Waals surface area contributed by atoms with Crippen LogP contribution in [0.2, 0.25) is 0 Å². The number of aromatic amines is 2. The van der Waals surface area contributed by atoms with Gasteiger partial charge in [-0.2, -0.15) is 5.10 Å². The zero-order chi connectivity index (χ0) is 33.1. The van der Waals surface area contributed by atoms with E-state index in [1.54, 1.807) is 9.80 Å². The molecule has 1 aliphatic heterocycles. The number of likely N-dealkylation sites (tertiary alicyclic amines) is 1. The van der Waals surface area contributed by atoms with Crippen LogP contribution >= 0.6 is 0 Å². The number of carbonyl (C=O) groups is 2. The number of hydrogen-bond donors (Lipinski definition) is 2. The minimum atomic E-state index is -0.551. The van der Waals surface area contributed by atoms with Crippen molar-refractivity contribution < 1.29 is 19.1 Å². The van der Waals surface area contributed by atoms with Crippen LogP contribution in [0.5, 0.6) is 0 Å². The van der Waals surface area contributed by atoms with Crippen molar-refractivity contribution in [2.24, 2.45) is 0 Å². The first kappa shape index (κ1) is 32.6. The van der Waals surface area contributed by atoms with E-state index in [-0.39, 0.29) is 18.2 Å². The number of carbonyl (C=O) groups excluding carboxylic acids is 2. The van der Waals surface area contributed by atoms with Crippen molar-refractivity contribution in [2.75, 3.05) is 13.1 Å². The molecule has 10 heteroatoms. The van der Waals surface area contributed by atoms with Crippen LogP contribution in [0.4, 0.5) is 9.59 Å². The highest BCUT2D eigenvalue weighted by atomic mass is 16.6. The van der Waals surface area contributed by atoms with Gasteiger partial charge in [0, 0.05) is 29.8 Å². The summed E-state index contributed by atoms with van der Waals surface area (Å²) in [5.74, 6) is 7.26. The number of benzene rings is 2. The van der Waals surface area contributed by atoms with E-state index in [0.717, 1.165) is 64.2 Å². The molecule has 46 heavy (non-hydrogen) atoms. The van der Waals surface area contributed by atoms with Crippen molar-refractivity contribution in [3.05, 3.63) is 71.2 Å². The molecule has 242 valence electrons. The number of fused-ring (bicyclic) bond motifs is 1. The quantitative estimate of drug-likeness (QED) is 0.214. The minimum absolute atomic E-state index is 0.138. The van der Waals surface area contributed by atoms with Gasteiger partial charge in [-0.25, -0.2) is 14.6 Å². The molecule has 0 saturated carbocycles. The maximum Gasteiger partial charge on any atom is 0.410 e. The smallest absolute Gasteiger partial charge is 0.410 e. The van der Waals surface area contributed by atoms with E-state index in [1.165, 1.54) is 0 Å². The molecule has 0 bridgehead atoms. The summed E-state index contributed by atoms with van der Waals surface area (Å²) in [7, 11) is 0. The summed E-state index contributed by atoms with van der Waals surface area (Å²) in [6, 6.07) is 15.6. The highest BCUT2D eigenvalue weighted by Gasteiger charge is 2.35. The number of rotatable bonds is 6. The summed E-state index contributed by atoms with van der Waals surface area (Å²) in [6.07, 6.45) is 1.93. The standard InChI is InChI=1S/C36H44N6O4/c1-8-19-41(33(43)45-35(2,3)4)23-27-22-29(40-39-27)26-16-13-24(14-17-26)11-12-25-15-18-28-30(21-25)38-32(37-28)31-10-9-20-42(31)34(44)46-36(5,6)7/h13-18,21-22,31H,8-10,19-20,23H2,1-7H3,(H,37,38)(H,39,40). The average molecular weight is 625 g/mol. The monoisotopic (exact) mass is 624 g/mol. The number of nitrogens with zero attached hydrogens (tertiary/aromatic N) is 4. The summed E-state index contributed by atoms with van der Waals surface area (Å²) in [5.41, 5.74) is 4.92. The SMILES string of the molecule is CCCN(Cc1cc(-c2ccc(C#Cc3ccc4[nH]c(C5CCCN5C(=O)OC(C)(C)C)nc4c3)cc2)n[nH]1)C(=O)OC(C)(C)C. The van der Waals surface area contributed by atoms with Gasteiger partial charge >= 0.3 is 12.2 Å². The molecule has 1 fully saturated rings. The molecule has 2 aromatic carbocycles. The first-order valence-electron chi connectivity index (χ1n) is 15.9. The maximum absolute atomic E-state index is 12.8. The summed E-state index contributed by atoms with van der Waals surface area (Å²) in [6.45, 7) is 14.9. The molecule has 1 atom stereocenters. The normalized spacial score (nSPS) is 15.0. The molecule has 5 rings (SSSR count). The predicted octanol–water partition coefficient (Wildman–Crippen LogP) is 7.57. The number of ether oxygens (including phenoxy) is 2. The molecule has 2 N–H and O–H groups in total. The van der Waals surface area contributed by atoms with Crippen molar-refractivity contribution >= 4 is 23.2 Å². The number of aromatic nitrogens is 4. The van der Waals surface area contributed by atoms with E-state index in [0.29, 0.717) is 19.6 Å². The van der Waals surface area contributed by atoms with Gasteiger partial charge in [0.2, 0.25) is 0 Å². The van der Waals surface area contributed by atoms with Gasteiger partial charge in [0.25, 0.3) is 0 Å². The van der Waals surface area contributed by atoms with Crippen LogP contribution in [-0.2, 0) is 16.0 Å². The number of H-pyrrole nitrogens is 2. The van der Waals surface area contributed by atoms with E-state index in [1.807, 2.05) is 97.0 Å². The zero-order valence-electron chi connectivity index (χ0n) is 27.9. The molecule has 2 amide bonds. The summed E-state index contributed by atoms with van der Waals surface area (Å²) >= 11 is 0. The Morgan fingerprint density at radius 1 is 0.978 bits per heavy atom. The fourth-order valence-corrected chi connectivity index (χ4v) is 5.35. The molecule has 4 aromatic rings. The Bertz CT molecular complexity index is 1750. The number of nitrogens with one attached hydrogen (secondary N) is 2. The van der Waals surface area contributed by atoms with Crippen molar-refractivity contribution in [3.8, 4) is 23.1 Å². The predicted molar refractivity (Wildman–Crippen MR) is 178 cm³/mol. The van der Waals surface area contributed by atoms with Gasteiger partial charge in [0.05, 0.1) is 35.0 Å². The Morgan fingerprint density at radius 3 is 2.37 bits per heavy atom. The molecule has 2 aromatic heterocycles. The Hall–Kier alpha value is -4.78. The summed E-state index contributed by atoms with van der Waals surface area (Å²) in [5, 5.41) is 7.53. The fraction of sp³-hybridized carbons (Fsp3) is 0.444. The molecule has 3 heterocycles. The highest BCUT2D eigenvalue weighted by molar-refractivity contribution is 5.77. The minimum Gasteiger partial charge on any atom is -0.444 e. The summed E-state index contributed by atoms with van der Waals surface area (Å²) < 4.78 is 11.2. The number of hydrogen-bond acceptors (Lipinski definition) is 6. The molecule has 1 aliphatic rings. The average Bonchev–Trinajstić information content (AvgIpc) is 3.74. The van der Waals surface area contributed by atoms with E-state index in [4.69, 9.17) is 14.5 Å². The van der Waals surface area contributed by atoms with Crippen LogP contribution in [0.25, 0.3) is 22.3 Å². The second kappa shape index (κ2) is 13.3. The summed E-state index contributed by atoms with van der Waals surface area (Å²) in [4.78, 5) is 37.1. The Balaban J connectivity index is 1.24. The largest absolute Gasteiger partial charge is 0.444 e. The first-order chi connectivity index (χ1) is 21.8. The molecule has 1 saturated heterocycles. The lowest BCUT2D eigenvalue weighted by atomic mass is 10.1. The van der Waals surface area contributed by atoms with Gasteiger partial charge in [-0.15, -0.1) is 0 Å². The number of imidazole rings is 1. The fourth-order valence-electron chi connectivity index (χ4n) is 5.35. The Kier molecular flexibility index (Phi) is 9.42. The third-order valence-electron chi connectivity index (χ3n) is 7.37. The van der Waals surface area contributed by atoms with E-state index in [2.05, 4.69) is 27.0 Å². The van der Waals surface area contributed by atoms with Gasteiger partial charge in [0.15, 0.2) is 0 Å². The molecular formula is C36H44N6O4. The van der Waals surface area contributed by atoms with Gasteiger partial charge in [0.1, 0.15) is 17.0 Å². The van der Waals surface area contributed by atoms with Gasteiger partial charge < -0.3 is 19.4 Å². The van der Waals surface area contributed by atoms with Crippen LogP contribution in [-0.4, -0.2) is 66.4 Å². The molecule has 0 aliphatic carbocycles. The van der Waals surface area contributed by atoms with Crippen LogP contribution in [0, 0.1) is 11.8 Å². The van der Waals surface area contributed by atoms with Crippen molar-refractivity contribution in [3.63, 3.8) is 0 Å². The molecule has 0 radical (unpaired) electrons. The topological polar surface area (TPSA) is 116 Å². The third kappa shape index (κ3) is 8.27.